The summed E-state index contributed by atoms with van der Waals surface area (Å²) in [6.07, 6.45) is 0.956. The number of carbonyl (C=O) groups excluding carboxylic acids is 3. The number of hydrogen-bond acceptors (Lipinski definition) is 5. The topological polar surface area (TPSA) is 114 Å². The van der Waals surface area contributed by atoms with Gasteiger partial charge in [-0.2, -0.15) is 0 Å². The molecule has 2 aliphatic heterocycles. The third-order valence-corrected chi connectivity index (χ3v) is 6.86. The number of carbonyl (C=O) groups is 4. The van der Waals surface area contributed by atoms with Crippen LogP contribution in [0.25, 0.3) is 0 Å². The molecule has 2 atom stereocenters. The van der Waals surface area contributed by atoms with Crippen molar-refractivity contribution in [1.82, 2.24) is 25.1 Å². The molecule has 0 bridgehead atoms. The van der Waals surface area contributed by atoms with E-state index >= 15 is 0 Å². The Bertz CT molecular complexity index is 1160. The molecular formula is C27H32FN5O5. The van der Waals surface area contributed by atoms with Gasteiger partial charge in [-0.3, -0.25) is 14.4 Å². The number of hydrogen-bond donors (Lipinski definition) is 2. The average molecular weight is 526 g/mol. The van der Waals surface area contributed by atoms with Crippen LogP contribution in [0.2, 0.25) is 0 Å². The zero-order chi connectivity index (χ0) is 27.2. The van der Waals surface area contributed by atoms with E-state index in [1.165, 1.54) is 32.6 Å². The summed E-state index contributed by atoms with van der Waals surface area (Å²) in [7, 11) is 1.60. The first kappa shape index (κ1) is 27.1. The smallest absolute Gasteiger partial charge is 0.334 e. The Morgan fingerprint density at radius 3 is 2.42 bits per heavy atom. The number of amides is 4. The van der Waals surface area contributed by atoms with Crippen LogP contribution in [0.4, 0.5) is 9.18 Å². The molecule has 11 heteroatoms. The lowest BCUT2D eigenvalue weighted by Gasteiger charge is -2.54. The van der Waals surface area contributed by atoms with E-state index in [0.717, 1.165) is 12.8 Å². The molecule has 0 unspecified atom stereocenters. The number of likely N-dealkylation sites (N-methyl/N-ethyl adjacent to an activating group) is 1. The molecule has 2 saturated heterocycles. The molecule has 2 heterocycles. The molecule has 0 saturated carbocycles. The molecule has 202 valence electrons. The van der Waals surface area contributed by atoms with Crippen molar-refractivity contribution in [3.63, 3.8) is 0 Å². The number of nitrogens with one attached hydrogen (secondary N) is 1. The molecule has 2 N–H and O–H groups in total. The first-order valence-corrected chi connectivity index (χ1v) is 12.6. The fourth-order valence-electron chi connectivity index (χ4n) is 5.01. The molecular weight excluding hydrogens is 493 g/mol. The van der Waals surface area contributed by atoms with E-state index in [0.29, 0.717) is 18.5 Å². The predicted octanol–water partition coefficient (Wildman–Crippen LogP) is 2.06. The molecule has 0 aromatic heterocycles. The molecule has 4 rings (SSSR count). The second-order valence-corrected chi connectivity index (χ2v) is 9.57. The fourth-order valence-corrected chi connectivity index (χ4v) is 5.01. The van der Waals surface area contributed by atoms with Gasteiger partial charge in [0.2, 0.25) is 11.8 Å². The van der Waals surface area contributed by atoms with Gasteiger partial charge < -0.3 is 20.2 Å². The minimum Gasteiger partial charge on any atom is -0.481 e. The number of benzene rings is 2. The first-order chi connectivity index (χ1) is 18.2. The molecule has 0 radical (unpaired) electrons. The molecule has 2 aliphatic rings. The van der Waals surface area contributed by atoms with Gasteiger partial charge in [-0.1, -0.05) is 42.5 Å². The van der Waals surface area contributed by atoms with Crippen molar-refractivity contribution in [3.8, 4) is 0 Å². The number of carboxylic acid groups (broad SMARTS) is 1. The van der Waals surface area contributed by atoms with Crippen molar-refractivity contribution >= 4 is 23.8 Å². The highest BCUT2D eigenvalue weighted by molar-refractivity contribution is 5.93. The van der Waals surface area contributed by atoms with E-state index in [1.54, 1.807) is 24.1 Å². The second kappa shape index (κ2) is 12.0. The van der Waals surface area contributed by atoms with Crippen LogP contribution in [0.3, 0.4) is 0 Å². The number of hydrazine groups is 1. The number of rotatable bonds is 9. The summed E-state index contributed by atoms with van der Waals surface area (Å²) in [4.78, 5) is 54.1. The summed E-state index contributed by atoms with van der Waals surface area (Å²) in [5.74, 6) is -2.42. The van der Waals surface area contributed by atoms with Gasteiger partial charge in [-0.25, -0.2) is 19.2 Å². The van der Waals surface area contributed by atoms with Crippen LogP contribution in [0.1, 0.15) is 30.4 Å². The largest absolute Gasteiger partial charge is 0.481 e. The summed E-state index contributed by atoms with van der Waals surface area (Å²) >= 11 is 0. The van der Waals surface area contributed by atoms with Gasteiger partial charge in [0.15, 0.2) is 0 Å². The summed E-state index contributed by atoms with van der Waals surface area (Å²) in [6, 6.07) is 14.0. The van der Waals surface area contributed by atoms with Gasteiger partial charge in [0.1, 0.15) is 18.0 Å². The number of aryl methyl sites for hydroxylation is 1. The van der Waals surface area contributed by atoms with Gasteiger partial charge in [-0.05, 0) is 42.5 Å². The van der Waals surface area contributed by atoms with Crippen molar-refractivity contribution in [2.45, 2.75) is 44.4 Å². The van der Waals surface area contributed by atoms with Crippen LogP contribution in [-0.2, 0) is 27.3 Å². The number of halogens is 1. The summed E-state index contributed by atoms with van der Waals surface area (Å²) in [5.41, 5.74) is 1.88. The van der Waals surface area contributed by atoms with Crippen molar-refractivity contribution in [2.24, 2.45) is 0 Å². The van der Waals surface area contributed by atoms with E-state index in [2.05, 4.69) is 5.32 Å². The Hall–Kier alpha value is -3.99. The van der Waals surface area contributed by atoms with E-state index in [-0.39, 0.29) is 25.5 Å². The minimum atomic E-state index is -1.20. The number of nitrogens with zero attached hydrogens (tertiary/aromatic N) is 4. The molecule has 38 heavy (non-hydrogen) atoms. The number of aliphatic carboxylic acids is 1. The predicted molar refractivity (Wildman–Crippen MR) is 136 cm³/mol. The standard InChI is InChI=1S/C27H32FN5O5/c1-30-18-24(34)32-22(15-25(35)36)26(37)31(14-6-5-9-19-7-3-2-4-8-19)17-23(32)33(30)27(38)29-16-20-10-12-21(28)13-11-20/h2-4,7-8,10-13,22-23H,5-6,9,14-18H2,1H3,(H,29,38)(H,35,36)/t22-,23-/m0/s1. The van der Waals surface area contributed by atoms with Crippen LogP contribution in [0.5, 0.6) is 0 Å². The van der Waals surface area contributed by atoms with Crippen LogP contribution >= 0.6 is 0 Å². The van der Waals surface area contributed by atoms with E-state index in [4.69, 9.17) is 0 Å². The van der Waals surface area contributed by atoms with Gasteiger partial charge in [-0.15, -0.1) is 0 Å². The second-order valence-electron chi connectivity index (χ2n) is 9.57. The Kier molecular flexibility index (Phi) is 8.57. The average Bonchev–Trinajstić information content (AvgIpc) is 2.88. The van der Waals surface area contributed by atoms with Gasteiger partial charge in [0, 0.05) is 20.1 Å². The highest BCUT2D eigenvalue weighted by Gasteiger charge is 2.51. The number of urea groups is 1. The Morgan fingerprint density at radius 2 is 1.74 bits per heavy atom. The normalized spacial score (nSPS) is 19.9. The van der Waals surface area contributed by atoms with Gasteiger partial charge in [0.25, 0.3) is 0 Å². The SMILES string of the molecule is CN1CC(=O)N2[C@@H](CC(=O)O)C(=O)N(CCCCc3ccccc3)C[C@@H]2N1C(=O)NCc1ccc(F)cc1. The molecule has 0 aliphatic carbocycles. The lowest BCUT2D eigenvalue weighted by Crippen LogP contribution is -2.76. The number of carboxylic acids is 1. The molecule has 10 nitrogen and oxygen atoms in total. The van der Waals surface area contributed by atoms with Crippen LogP contribution < -0.4 is 5.32 Å². The van der Waals surface area contributed by atoms with E-state index < -0.39 is 42.4 Å². The van der Waals surface area contributed by atoms with Crippen molar-refractivity contribution in [2.75, 3.05) is 26.7 Å². The summed E-state index contributed by atoms with van der Waals surface area (Å²) in [5, 5.41) is 15.1. The number of fused-ring (bicyclic) bond motifs is 1. The van der Waals surface area contributed by atoms with Crippen LogP contribution in [-0.4, -0.2) is 87.6 Å². The Labute approximate surface area is 220 Å². The molecule has 2 aromatic carbocycles. The van der Waals surface area contributed by atoms with E-state index in [9.17, 15) is 28.7 Å². The zero-order valence-corrected chi connectivity index (χ0v) is 21.3. The van der Waals surface area contributed by atoms with E-state index in [1.807, 2.05) is 30.3 Å². The maximum atomic E-state index is 13.3. The minimum absolute atomic E-state index is 0.0698. The lowest BCUT2D eigenvalue weighted by atomic mass is 10.0. The maximum Gasteiger partial charge on any atom is 0.334 e. The molecule has 4 amide bonds. The van der Waals surface area contributed by atoms with Crippen molar-refractivity contribution < 1.29 is 28.7 Å². The monoisotopic (exact) mass is 525 g/mol. The van der Waals surface area contributed by atoms with Gasteiger partial charge in [0.05, 0.1) is 19.5 Å². The van der Waals surface area contributed by atoms with Gasteiger partial charge >= 0.3 is 12.0 Å². The zero-order valence-electron chi connectivity index (χ0n) is 21.3. The van der Waals surface area contributed by atoms with Crippen LogP contribution in [0.15, 0.2) is 54.6 Å². The highest BCUT2D eigenvalue weighted by atomic mass is 19.1. The lowest BCUT2D eigenvalue weighted by molar-refractivity contribution is -0.188. The molecule has 0 spiro atoms. The van der Waals surface area contributed by atoms with Crippen LogP contribution in [0, 0.1) is 5.82 Å². The molecule has 2 aromatic rings. The molecule has 2 fully saturated rings. The third-order valence-electron chi connectivity index (χ3n) is 6.86. The summed E-state index contributed by atoms with van der Waals surface area (Å²) in [6.45, 7) is 0.404. The number of unbranched alkanes of at least 4 members (excludes halogenated alkanes) is 1. The van der Waals surface area contributed by atoms with Crippen molar-refractivity contribution in [1.29, 1.82) is 0 Å². The van der Waals surface area contributed by atoms with Crippen molar-refractivity contribution in [3.05, 3.63) is 71.5 Å². The third kappa shape index (κ3) is 6.28. The number of piperazine rings is 1. The fraction of sp³-hybridized carbons (Fsp3) is 0.407. The maximum absolute atomic E-state index is 13.3. The Morgan fingerprint density at radius 1 is 1.03 bits per heavy atom. The highest BCUT2D eigenvalue weighted by Crippen LogP contribution is 2.27. The quantitative estimate of drug-likeness (QED) is 0.485. The summed E-state index contributed by atoms with van der Waals surface area (Å²) < 4.78 is 13.2. The first-order valence-electron chi connectivity index (χ1n) is 12.6. The Balaban J connectivity index is 1.49.